The minimum Gasteiger partial charge on any atom is -0.466 e. The number of carbonyl (C=O) groups excluding carboxylic acids is 2. The molecular formula is C53H99NO5. The fraction of sp³-hybridized carbons (Fsp3) is 0.849. The van der Waals surface area contributed by atoms with Crippen LogP contribution in [-0.4, -0.2) is 47.4 Å². The van der Waals surface area contributed by atoms with Gasteiger partial charge in [0.05, 0.1) is 25.4 Å². The normalized spacial score (nSPS) is 12.9. The van der Waals surface area contributed by atoms with Crippen LogP contribution in [0.3, 0.4) is 0 Å². The Hall–Kier alpha value is -1.92. The van der Waals surface area contributed by atoms with Crippen molar-refractivity contribution in [1.82, 2.24) is 5.32 Å². The van der Waals surface area contributed by atoms with Gasteiger partial charge < -0.3 is 20.3 Å². The molecule has 0 fully saturated rings. The van der Waals surface area contributed by atoms with Gasteiger partial charge in [0, 0.05) is 12.8 Å². The van der Waals surface area contributed by atoms with Crippen LogP contribution in [0.5, 0.6) is 0 Å². The maximum absolute atomic E-state index is 12.4. The quantitative estimate of drug-likeness (QED) is 0.0323. The maximum Gasteiger partial charge on any atom is 0.305 e. The Morgan fingerprint density at radius 3 is 1.32 bits per heavy atom. The smallest absolute Gasteiger partial charge is 0.305 e. The third-order valence-electron chi connectivity index (χ3n) is 11.7. The van der Waals surface area contributed by atoms with Crippen LogP contribution in [0, 0.1) is 0 Å². The zero-order chi connectivity index (χ0) is 43.0. The van der Waals surface area contributed by atoms with E-state index in [1.807, 2.05) is 12.2 Å². The van der Waals surface area contributed by atoms with Crippen molar-refractivity contribution >= 4 is 11.9 Å². The molecule has 59 heavy (non-hydrogen) atoms. The number of hydrogen-bond donors (Lipinski definition) is 3. The fourth-order valence-corrected chi connectivity index (χ4v) is 7.68. The molecule has 1 amide bonds. The predicted octanol–water partition coefficient (Wildman–Crippen LogP) is 15.3. The lowest BCUT2D eigenvalue weighted by molar-refractivity contribution is -0.143. The largest absolute Gasteiger partial charge is 0.466 e. The number of esters is 1. The monoisotopic (exact) mass is 830 g/mol. The van der Waals surface area contributed by atoms with Crippen LogP contribution in [0.2, 0.25) is 0 Å². The van der Waals surface area contributed by atoms with Crippen LogP contribution in [-0.2, 0) is 14.3 Å². The summed E-state index contributed by atoms with van der Waals surface area (Å²) < 4.78 is 5.45. The molecule has 3 N–H and O–H groups in total. The van der Waals surface area contributed by atoms with Gasteiger partial charge in [0.2, 0.25) is 5.91 Å². The first kappa shape index (κ1) is 57.1. The van der Waals surface area contributed by atoms with E-state index in [2.05, 4.69) is 37.4 Å². The summed E-state index contributed by atoms with van der Waals surface area (Å²) in [7, 11) is 0. The number of rotatable bonds is 47. The van der Waals surface area contributed by atoms with E-state index in [0.717, 1.165) is 51.4 Å². The highest BCUT2D eigenvalue weighted by Gasteiger charge is 2.17. The molecule has 6 nitrogen and oxygen atoms in total. The van der Waals surface area contributed by atoms with E-state index in [0.29, 0.717) is 25.9 Å². The highest BCUT2D eigenvalue weighted by Crippen LogP contribution is 2.15. The van der Waals surface area contributed by atoms with Crippen LogP contribution in [0.15, 0.2) is 36.5 Å². The Labute approximate surface area is 366 Å². The summed E-state index contributed by atoms with van der Waals surface area (Å²) in [6, 6.07) is -0.671. The number of allylic oxidation sites excluding steroid dienone is 5. The summed E-state index contributed by atoms with van der Waals surface area (Å²) in [5.74, 6) is -0.165. The van der Waals surface area contributed by atoms with Crippen molar-refractivity contribution in [1.29, 1.82) is 0 Å². The molecule has 6 heteroatoms. The number of aliphatic hydroxyl groups is 2. The molecule has 0 saturated heterocycles. The molecule has 0 aromatic rings. The molecule has 0 heterocycles. The first-order valence-electron chi connectivity index (χ1n) is 25.8. The third-order valence-corrected chi connectivity index (χ3v) is 11.7. The number of ether oxygens (including phenoxy) is 1. The first-order valence-corrected chi connectivity index (χ1v) is 25.8. The second kappa shape index (κ2) is 48.7. The van der Waals surface area contributed by atoms with E-state index in [1.54, 1.807) is 6.08 Å². The molecule has 0 bridgehead atoms. The summed E-state index contributed by atoms with van der Waals surface area (Å²) in [5.41, 5.74) is 0. The van der Waals surface area contributed by atoms with Gasteiger partial charge >= 0.3 is 5.97 Å². The van der Waals surface area contributed by atoms with Gasteiger partial charge in [-0.25, -0.2) is 0 Å². The Kier molecular flexibility index (Phi) is 47.2. The minimum atomic E-state index is -0.878. The SMILES string of the molecule is CCCCCCCCCCCCCC/C=C/C(O)C(CO)NC(=O)CC/C=C\C/C=C\CCCCCCCCOC(=O)CCCCCCCCCCCCCCCCC. The number of hydrogen-bond acceptors (Lipinski definition) is 5. The highest BCUT2D eigenvalue weighted by molar-refractivity contribution is 5.76. The molecule has 0 radical (unpaired) electrons. The predicted molar refractivity (Wildman–Crippen MR) is 255 cm³/mol. The third kappa shape index (κ3) is 45.4. The van der Waals surface area contributed by atoms with Crippen LogP contribution in [0.4, 0.5) is 0 Å². The van der Waals surface area contributed by atoms with Crippen molar-refractivity contribution in [2.24, 2.45) is 0 Å². The minimum absolute atomic E-state index is 0.0162. The van der Waals surface area contributed by atoms with Gasteiger partial charge in [-0.1, -0.05) is 237 Å². The Balaban J connectivity index is 3.57. The molecule has 0 aromatic heterocycles. The Bertz CT molecular complexity index is 962. The molecule has 0 aliphatic carbocycles. The lowest BCUT2D eigenvalue weighted by Gasteiger charge is -2.19. The molecule has 2 atom stereocenters. The van der Waals surface area contributed by atoms with E-state index in [-0.39, 0.29) is 18.5 Å². The molecule has 0 rings (SSSR count). The molecule has 2 unspecified atom stereocenters. The van der Waals surface area contributed by atoms with Crippen LogP contribution >= 0.6 is 0 Å². The van der Waals surface area contributed by atoms with Gasteiger partial charge in [-0.15, -0.1) is 0 Å². The van der Waals surface area contributed by atoms with E-state index < -0.39 is 12.1 Å². The maximum atomic E-state index is 12.4. The second-order valence-corrected chi connectivity index (χ2v) is 17.5. The van der Waals surface area contributed by atoms with Gasteiger partial charge in [-0.05, 0) is 51.4 Å². The highest BCUT2D eigenvalue weighted by atomic mass is 16.5. The van der Waals surface area contributed by atoms with Crippen LogP contribution in [0.25, 0.3) is 0 Å². The van der Waals surface area contributed by atoms with Gasteiger partial charge in [0.15, 0.2) is 0 Å². The van der Waals surface area contributed by atoms with Crippen LogP contribution in [0.1, 0.15) is 264 Å². The number of nitrogens with one attached hydrogen (secondary N) is 1. The topological polar surface area (TPSA) is 95.9 Å². The van der Waals surface area contributed by atoms with Crippen molar-refractivity contribution in [2.75, 3.05) is 13.2 Å². The molecule has 346 valence electrons. The number of carbonyl (C=O) groups is 2. The van der Waals surface area contributed by atoms with E-state index in [1.165, 1.54) is 180 Å². The number of unbranched alkanes of at least 4 members (excludes halogenated alkanes) is 32. The van der Waals surface area contributed by atoms with Gasteiger partial charge in [-0.2, -0.15) is 0 Å². The average Bonchev–Trinajstić information content (AvgIpc) is 3.24. The molecule has 0 saturated carbocycles. The lowest BCUT2D eigenvalue weighted by Crippen LogP contribution is -2.45. The van der Waals surface area contributed by atoms with Crippen molar-refractivity contribution in [3.8, 4) is 0 Å². The van der Waals surface area contributed by atoms with Gasteiger partial charge in [0.25, 0.3) is 0 Å². The van der Waals surface area contributed by atoms with E-state index >= 15 is 0 Å². The zero-order valence-electron chi connectivity index (χ0n) is 39.2. The lowest BCUT2D eigenvalue weighted by atomic mass is 10.0. The van der Waals surface area contributed by atoms with E-state index in [4.69, 9.17) is 4.74 Å². The summed E-state index contributed by atoms with van der Waals surface area (Å²) in [6.07, 6.45) is 58.7. The molecular weight excluding hydrogens is 731 g/mol. The van der Waals surface area contributed by atoms with Crippen molar-refractivity contribution < 1.29 is 24.5 Å². The molecule has 0 aliphatic rings. The van der Waals surface area contributed by atoms with Crippen molar-refractivity contribution in [3.63, 3.8) is 0 Å². The fourth-order valence-electron chi connectivity index (χ4n) is 7.68. The van der Waals surface area contributed by atoms with Gasteiger partial charge in [-0.3, -0.25) is 9.59 Å². The van der Waals surface area contributed by atoms with Crippen LogP contribution < -0.4 is 5.32 Å². The standard InChI is InChI=1S/C53H99NO5/c1-3-5-7-9-11-13-15-17-19-23-27-31-35-39-43-47-53(58)59-48-44-40-36-32-28-24-20-22-26-30-34-38-42-46-52(57)54-50(49-55)51(56)45-41-37-33-29-25-21-18-16-14-12-10-8-6-4-2/h22,26,34,38,41,45,50-51,55-56H,3-21,23-25,27-33,35-37,39-40,42-44,46-49H2,1-2H3,(H,54,57)/b26-22-,38-34-,45-41+. The molecule has 0 aliphatic heterocycles. The van der Waals surface area contributed by atoms with Gasteiger partial charge in [0.1, 0.15) is 0 Å². The number of amides is 1. The van der Waals surface area contributed by atoms with Crippen molar-refractivity contribution in [3.05, 3.63) is 36.5 Å². The summed E-state index contributed by atoms with van der Waals surface area (Å²) >= 11 is 0. The summed E-state index contributed by atoms with van der Waals surface area (Å²) in [4.78, 5) is 24.4. The summed E-state index contributed by atoms with van der Waals surface area (Å²) in [5, 5.41) is 22.9. The first-order chi connectivity index (χ1) is 29.0. The Morgan fingerprint density at radius 1 is 0.475 bits per heavy atom. The zero-order valence-corrected chi connectivity index (χ0v) is 39.2. The molecule has 0 spiro atoms. The summed E-state index contributed by atoms with van der Waals surface area (Å²) in [6.45, 7) is 4.83. The van der Waals surface area contributed by atoms with E-state index in [9.17, 15) is 19.8 Å². The van der Waals surface area contributed by atoms with Crippen molar-refractivity contribution in [2.45, 2.75) is 276 Å². The average molecular weight is 830 g/mol. The second-order valence-electron chi connectivity index (χ2n) is 17.5. The Morgan fingerprint density at radius 2 is 0.864 bits per heavy atom. The number of aliphatic hydroxyl groups excluding tert-OH is 2. The molecule has 0 aromatic carbocycles.